The van der Waals surface area contributed by atoms with Crippen molar-refractivity contribution in [1.29, 1.82) is 0 Å². The molecule has 1 unspecified atom stereocenters. The molecule has 1 atom stereocenters. The smallest absolute Gasteiger partial charge is 0.0261 e. The van der Waals surface area contributed by atoms with Crippen molar-refractivity contribution in [3.8, 4) is 0 Å². The lowest BCUT2D eigenvalue weighted by atomic mass is 10.1. The first-order valence-electron chi connectivity index (χ1n) is 7.88. The molecule has 0 aromatic rings. The maximum absolute atomic E-state index is 3.54. The third-order valence-electron chi connectivity index (χ3n) is 4.81. The molecule has 0 bridgehead atoms. The highest BCUT2D eigenvalue weighted by Crippen LogP contribution is 2.17. The van der Waals surface area contributed by atoms with Crippen LogP contribution >= 0.6 is 0 Å². The van der Waals surface area contributed by atoms with E-state index in [1.165, 1.54) is 84.5 Å². The zero-order chi connectivity index (χ0) is 12.2. The van der Waals surface area contributed by atoms with Crippen molar-refractivity contribution in [2.24, 2.45) is 0 Å². The van der Waals surface area contributed by atoms with Gasteiger partial charge in [-0.05, 0) is 32.2 Å². The third kappa shape index (κ3) is 3.05. The summed E-state index contributed by atoms with van der Waals surface area (Å²) in [5, 5.41) is 8.77. The van der Waals surface area contributed by atoms with E-state index in [1.807, 2.05) is 0 Å². The molecule has 0 aliphatic carbocycles. The van der Waals surface area contributed by atoms with E-state index >= 15 is 0 Å². The van der Waals surface area contributed by atoms with Crippen LogP contribution in [-0.4, -0.2) is 73.3 Å². The van der Waals surface area contributed by atoms with Gasteiger partial charge in [0.15, 0.2) is 0 Å². The minimum atomic E-state index is 0.808. The van der Waals surface area contributed by atoms with E-state index in [2.05, 4.69) is 20.2 Å². The fourth-order valence-corrected chi connectivity index (χ4v) is 3.66. The van der Waals surface area contributed by atoms with Crippen molar-refractivity contribution < 1.29 is 0 Å². The fraction of sp³-hybridized carbons (Fsp3) is 1.00. The zero-order valence-corrected chi connectivity index (χ0v) is 11.6. The lowest BCUT2D eigenvalue weighted by Gasteiger charge is -2.45. The van der Waals surface area contributed by atoms with Gasteiger partial charge < -0.3 is 5.32 Å². The Hall–Kier alpha value is -0.160. The monoisotopic (exact) mass is 252 g/mol. The molecule has 4 heteroatoms. The van der Waals surface area contributed by atoms with Crippen LogP contribution in [0.25, 0.3) is 0 Å². The molecule has 3 aliphatic rings. The molecule has 0 amide bonds. The van der Waals surface area contributed by atoms with Crippen molar-refractivity contribution in [3.05, 3.63) is 0 Å². The Morgan fingerprint density at radius 3 is 2.11 bits per heavy atom. The quantitative estimate of drug-likeness (QED) is 0.783. The maximum atomic E-state index is 3.54. The predicted octanol–water partition coefficient (Wildman–Crippen LogP) is 0.757. The molecule has 3 saturated heterocycles. The summed E-state index contributed by atoms with van der Waals surface area (Å²) >= 11 is 0. The molecule has 3 rings (SSSR count). The summed E-state index contributed by atoms with van der Waals surface area (Å²) in [4.78, 5) is 2.71. The summed E-state index contributed by atoms with van der Waals surface area (Å²) < 4.78 is 0. The molecular formula is C14H28N4. The van der Waals surface area contributed by atoms with E-state index in [1.54, 1.807) is 0 Å². The van der Waals surface area contributed by atoms with Gasteiger partial charge >= 0.3 is 0 Å². The predicted molar refractivity (Wildman–Crippen MR) is 74.5 cm³/mol. The molecule has 3 heterocycles. The number of hydrogen-bond acceptors (Lipinski definition) is 4. The fourth-order valence-electron chi connectivity index (χ4n) is 3.66. The van der Waals surface area contributed by atoms with E-state index in [-0.39, 0.29) is 0 Å². The number of rotatable bonds is 2. The summed E-state index contributed by atoms with van der Waals surface area (Å²) in [7, 11) is 0. The van der Waals surface area contributed by atoms with Gasteiger partial charge in [0.2, 0.25) is 0 Å². The Morgan fingerprint density at radius 2 is 1.44 bits per heavy atom. The number of hydrogen-bond donors (Lipinski definition) is 1. The van der Waals surface area contributed by atoms with Gasteiger partial charge in [-0.3, -0.25) is 4.90 Å². The Balaban J connectivity index is 1.45. The largest absolute Gasteiger partial charge is 0.315 e. The molecule has 0 radical (unpaired) electrons. The van der Waals surface area contributed by atoms with Gasteiger partial charge in [-0.2, -0.15) is 0 Å². The van der Waals surface area contributed by atoms with Gasteiger partial charge in [0.25, 0.3) is 0 Å². The van der Waals surface area contributed by atoms with Crippen LogP contribution in [0.15, 0.2) is 0 Å². The second-order valence-corrected chi connectivity index (χ2v) is 6.00. The number of piperidine rings is 2. The minimum absolute atomic E-state index is 0.808. The molecule has 0 saturated carbocycles. The van der Waals surface area contributed by atoms with E-state index in [9.17, 15) is 0 Å². The van der Waals surface area contributed by atoms with E-state index < -0.39 is 0 Å². The van der Waals surface area contributed by atoms with Gasteiger partial charge in [-0.25, -0.2) is 10.0 Å². The minimum Gasteiger partial charge on any atom is -0.315 e. The number of piperazine rings is 1. The van der Waals surface area contributed by atoms with Crippen LogP contribution in [0.3, 0.4) is 0 Å². The van der Waals surface area contributed by atoms with Crippen LogP contribution in [0.5, 0.6) is 0 Å². The lowest BCUT2D eigenvalue weighted by Crippen LogP contribution is -2.58. The van der Waals surface area contributed by atoms with Gasteiger partial charge in [-0.15, -0.1) is 0 Å². The van der Waals surface area contributed by atoms with Crippen LogP contribution in [0.4, 0.5) is 0 Å². The molecule has 104 valence electrons. The van der Waals surface area contributed by atoms with Crippen LogP contribution in [-0.2, 0) is 0 Å². The van der Waals surface area contributed by atoms with Crippen molar-refractivity contribution in [3.63, 3.8) is 0 Å². The first kappa shape index (κ1) is 12.9. The summed E-state index contributed by atoms with van der Waals surface area (Å²) in [6.45, 7) is 10.1. The Morgan fingerprint density at radius 1 is 0.722 bits per heavy atom. The van der Waals surface area contributed by atoms with Crippen molar-refractivity contribution in [2.75, 3.05) is 52.4 Å². The second-order valence-electron chi connectivity index (χ2n) is 6.00. The van der Waals surface area contributed by atoms with Gasteiger partial charge in [0.05, 0.1) is 0 Å². The Kier molecular flexibility index (Phi) is 4.52. The molecular weight excluding hydrogens is 224 g/mol. The molecule has 0 spiro atoms. The van der Waals surface area contributed by atoms with Crippen molar-refractivity contribution >= 4 is 0 Å². The van der Waals surface area contributed by atoms with E-state index in [0.717, 1.165) is 6.04 Å². The zero-order valence-electron chi connectivity index (χ0n) is 11.6. The van der Waals surface area contributed by atoms with Crippen LogP contribution in [0, 0.1) is 0 Å². The average molecular weight is 252 g/mol. The number of hydrazine groups is 1. The highest BCUT2D eigenvalue weighted by Gasteiger charge is 2.27. The average Bonchev–Trinajstić information content (AvgIpc) is 2.49. The molecule has 1 N–H and O–H groups in total. The number of nitrogens with zero attached hydrogens (tertiary/aromatic N) is 3. The van der Waals surface area contributed by atoms with Gasteiger partial charge in [-0.1, -0.05) is 6.42 Å². The summed E-state index contributed by atoms with van der Waals surface area (Å²) in [5.41, 5.74) is 0. The number of nitrogens with one attached hydrogen (secondary N) is 1. The highest BCUT2D eigenvalue weighted by molar-refractivity contribution is 4.82. The highest BCUT2D eigenvalue weighted by atomic mass is 15.6. The van der Waals surface area contributed by atoms with Gasteiger partial charge in [0.1, 0.15) is 0 Å². The van der Waals surface area contributed by atoms with E-state index in [4.69, 9.17) is 0 Å². The van der Waals surface area contributed by atoms with Crippen LogP contribution < -0.4 is 5.32 Å². The Labute approximate surface area is 111 Å². The summed E-state index contributed by atoms with van der Waals surface area (Å²) in [5.74, 6) is 0. The van der Waals surface area contributed by atoms with Crippen molar-refractivity contribution in [1.82, 2.24) is 20.2 Å². The summed E-state index contributed by atoms with van der Waals surface area (Å²) in [6, 6.07) is 0.808. The van der Waals surface area contributed by atoms with E-state index in [0.29, 0.717) is 0 Å². The first-order valence-corrected chi connectivity index (χ1v) is 7.88. The first-order chi connectivity index (χ1) is 8.93. The molecule has 4 nitrogen and oxygen atoms in total. The Bertz CT molecular complexity index is 212. The van der Waals surface area contributed by atoms with Crippen LogP contribution in [0.1, 0.15) is 32.1 Å². The summed E-state index contributed by atoms with van der Waals surface area (Å²) in [6.07, 6.45) is 6.98. The second kappa shape index (κ2) is 6.33. The molecule has 3 fully saturated rings. The van der Waals surface area contributed by atoms with Crippen molar-refractivity contribution in [2.45, 2.75) is 38.1 Å². The molecule has 3 aliphatic heterocycles. The van der Waals surface area contributed by atoms with Crippen LogP contribution in [0.2, 0.25) is 0 Å². The SMILES string of the molecule is C1CCN(N2CCN(C3CCCNC3)CC2)CC1. The lowest BCUT2D eigenvalue weighted by molar-refractivity contribution is -0.0752. The molecule has 0 aromatic heterocycles. The third-order valence-corrected chi connectivity index (χ3v) is 4.81. The topological polar surface area (TPSA) is 21.8 Å². The normalized spacial score (nSPS) is 33.7. The molecule has 18 heavy (non-hydrogen) atoms. The maximum Gasteiger partial charge on any atom is 0.0261 e. The van der Waals surface area contributed by atoms with Gasteiger partial charge in [0, 0.05) is 51.9 Å². The standard InChI is InChI=1S/C14H28N4/c1-2-7-17(8-3-1)18-11-9-16(10-12-18)14-5-4-6-15-13-14/h14-15H,1-13H2. The molecule has 0 aromatic carbocycles.